The van der Waals surface area contributed by atoms with E-state index in [-0.39, 0.29) is 11.3 Å². The van der Waals surface area contributed by atoms with Crippen molar-refractivity contribution < 1.29 is 4.92 Å². The molecule has 0 amide bonds. The lowest BCUT2D eigenvalue weighted by Gasteiger charge is -2.12. The minimum Gasteiger partial charge on any atom is -0.369 e. The zero-order valence-electron chi connectivity index (χ0n) is 10.3. The molecule has 7 heteroatoms. The number of rotatable bonds is 6. The summed E-state index contributed by atoms with van der Waals surface area (Å²) in [6, 6.07) is 3.12. The first-order chi connectivity index (χ1) is 8.58. The Morgan fingerprint density at radius 1 is 1.61 bits per heavy atom. The summed E-state index contributed by atoms with van der Waals surface area (Å²) in [5.74, 6) is 0.740. The number of nitrogens with zero attached hydrogens (tertiary/aromatic N) is 3. The molecule has 2 N–H and O–H groups in total. The van der Waals surface area contributed by atoms with E-state index in [1.54, 1.807) is 0 Å². The van der Waals surface area contributed by atoms with Gasteiger partial charge in [-0.2, -0.15) is 5.26 Å². The van der Waals surface area contributed by atoms with Crippen LogP contribution < -0.4 is 10.6 Å². The second-order valence-electron chi connectivity index (χ2n) is 4.00. The minimum atomic E-state index is -0.568. The minimum absolute atomic E-state index is 0.180. The maximum atomic E-state index is 10.6. The van der Waals surface area contributed by atoms with Gasteiger partial charge in [0.1, 0.15) is 23.6 Å². The van der Waals surface area contributed by atoms with Crippen molar-refractivity contribution in [3.05, 3.63) is 27.9 Å². The standard InChI is InChI=1S/C11H15N5O2/c1-8(5-13-2)6-14-11-9(4-12)3-10(7-15-11)16(17)18/h3,7-8,13H,5-6H2,1-2H3,(H,14,15). The molecule has 1 rings (SSSR count). The molecule has 0 aliphatic rings. The monoisotopic (exact) mass is 249 g/mol. The molecule has 1 unspecified atom stereocenters. The lowest BCUT2D eigenvalue weighted by atomic mass is 10.2. The van der Waals surface area contributed by atoms with E-state index >= 15 is 0 Å². The highest BCUT2D eigenvalue weighted by atomic mass is 16.6. The van der Waals surface area contributed by atoms with Crippen molar-refractivity contribution >= 4 is 11.5 Å². The molecule has 0 saturated heterocycles. The summed E-state index contributed by atoms with van der Waals surface area (Å²) in [6.07, 6.45) is 1.14. The van der Waals surface area contributed by atoms with Crippen LogP contribution in [0.4, 0.5) is 11.5 Å². The molecule has 1 atom stereocenters. The van der Waals surface area contributed by atoms with E-state index in [9.17, 15) is 10.1 Å². The van der Waals surface area contributed by atoms with Gasteiger partial charge in [0.2, 0.25) is 0 Å². The number of hydrogen-bond acceptors (Lipinski definition) is 6. The predicted octanol–water partition coefficient (Wildman–Crippen LogP) is 1.13. The van der Waals surface area contributed by atoms with E-state index in [2.05, 4.69) is 15.6 Å². The summed E-state index contributed by atoms with van der Waals surface area (Å²) >= 11 is 0. The van der Waals surface area contributed by atoms with Crippen molar-refractivity contribution in [3.8, 4) is 6.07 Å². The fraction of sp³-hybridized carbons (Fsp3) is 0.455. The largest absolute Gasteiger partial charge is 0.369 e. The van der Waals surface area contributed by atoms with Gasteiger partial charge >= 0.3 is 0 Å². The van der Waals surface area contributed by atoms with E-state index in [0.717, 1.165) is 12.7 Å². The lowest BCUT2D eigenvalue weighted by Crippen LogP contribution is -2.23. The Morgan fingerprint density at radius 3 is 2.89 bits per heavy atom. The summed E-state index contributed by atoms with van der Waals surface area (Å²) in [7, 11) is 1.86. The molecule has 1 aromatic rings. The molecule has 7 nitrogen and oxygen atoms in total. The van der Waals surface area contributed by atoms with Crippen molar-refractivity contribution in [1.29, 1.82) is 5.26 Å². The van der Waals surface area contributed by atoms with Crippen LogP contribution in [0.2, 0.25) is 0 Å². The summed E-state index contributed by atoms with van der Waals surface area (Å²) in [6.45, 7) is 3.52. The predicted molar refractivity (Wildman–Crippen MR) is 67.2 cm³/mol. The molecule has 0 radical (unpaired) electrons. The average Bonchev–Trinajstić information content (AvgIpc) is 2.36. The Labute approximate surface area is 105 Å². The van der Waals surface area contributed by atoms with Gasteiger partial charge in [-0.15, -0.1) is 0 Å². The van der Waals surface area contributed by atoms with Crippen LogP contribution in [0.3, 0.4) is 0 Å². The Bertz CT molecular complexity index is 469. The van der Waals surface area contributed by atoms with Crippen molar-refractivity contribution in [2.24, 2.45) is 5.92 Å². The highest BCUT2D eigenvalue weighted by Gasteiger charge is 2.12. The molecule has 0 aromatic carbocycles. The number of nitro groups is 1. The third-order valence-corrected chi connectivity index (χ3v) is 2.38. The van der Waals surface area contributed by atoms with Crippen LogP contribution in [0.15, 0.2) is 12.3 Å². The van der Waals surface area contributed by atoms with Gasteiger partial charge in [-0.05, 0) is 19.5 Å². The number of anilines is 1. The molecule has 96 valence electrons. The zero-order chi connectivity index (χ0) is 13.5. The van der Waals surface area contributed by atoms with Gasteiger partial charge in [-0.1, -0.05) is 6.92 Å². The van der Waals surface area contributed by atoms with Crippen molar-refractivity contribution in [3.63, 3.8) is 0 Å². The highest BCUT2D eigenvalue weighted by Crippen LogP contribution is 2.18. The Morgan fingerprint density at radius 2 is 2.33 bits per heavy atom. The summed E-state index contributed by atoms with van der Waals surface area (Å²) < 4.78 is 0. The second kappa shape index (κ2) is 6.51. The van der Waals surface area contributed by atoms with Gasteiger partial charge in [0.25, 0.3) is 5.69 Å². The first-order valence-corrected chi connectivity index (χ1v) is 5.51. The third kappa shape index (κ3) is 3.68. The van der Waals surface area contributed by atoms with Crippen LogP contribution in [0, 0.1) is 27.4 Å². The Balaban J connectivity index is 2.78. The van der Waals surface area contributed by atoms with Crippen LogP contribution >= 0.6 is 0 Å². The van der Waals surface area contributed by atoms with Crippen LogP contribution in [0.25, 0.3) is 0 Å². The first kappa shape index (κ1) is 13.9. The van der Waals surface area contributed by atoms with E-state index in [1.807, 2.05) is 20.0 Å². The summed E-state index contributed by atoms with van der Waals surface area (Å²) in [5, 5.41) is 25.5. The molecular formula is C11H15N5O2. The molecule has 0 saturated carbocycles. The van der Waals surface area contributed by atoms with E-state index in [0.29, 0.717) is 18.3 Å². The van der Waals surface area contributed by atoms with Crippen LogP contribution in [0.5, 0.6) is 0 Å². The molecule has 0 fully saturated rings. The lowest BCUT2D eigenvalue weighted by molar-refractivity contribution is -0.385. The van der Waals surface area contributed by atoms with Crippen molar-refractivity contribution in [2.45, 2.75) is 6.92 Å². The van der Waals surface area contributed by atoms with Gasteiger partial charge in [-0.3, -0.25) is 10.1 Å². The van der Waals surface area contributed by atoms with Gasteiger partial charge in [0.05, 0.1) is 4.92 Å². The number of pyridine rings is 1. The Kier molecular flexibility index (Phi) is 5.02. The maximum absolute atomic E-state index is 10.6. The number of nitriles is 1. The number of hydrogen-bond donors (Lipinski definition) is 2. The highest BCUT2D eigenvalue weighted by molar-refractivity contribution is 5.55. The number of nitrogens with one attached hydrogen (secondary N) is 2. The van der Waals surface area contributed by atoms with Crippen molar-refractivity contribution in [1.82, 2.24) is 10.3 Å². The first-order valence-electron chi connectivity index (χ1n) is 5.51. The van der Waals surface area contributed by atoms with E-state index in [4.69, 9.17) is 5.26 Å². The van der Waals surface area contributed by atoms with Gasteiger partial charge in [-0.25, -0.2) is 4.98 Å². The molecule has 0 aliphatic carbocycles. The van der Waals surface area contributed by atoms with Crippen LogP contribution in [0.1, 0.15) is 12.5 Å². The molecular weight excluding hydrogens is 234 g/mol. The van der Waals surface area contributed by atoms with Gasteiger partial charge in [0, 0.05) is 12.6 Å². The molecule has 1 heterocycles. The summed E-state index contributed by atoms with van der Waals surface area (Å²) in [4.78, 5) is 13.9. The van der Waals surface area contributed by atoms with E-state index in [1.165, 1.54) is 6.07 Å². The third-order valence-electron chi connectivity index (χ3n) is 2.38. The normalized spacial score (nSPS) is 11.6. The molecule has 0 spiro atoms. The molecule has 0 aliphatic heterocycles. The fourth-order valence-electron chi connectivity index (χ4n) is 1.47. The van der Waals surface area contributed by atoms with Crippen LogP contribution in [-0.2, 0) is 0 Å². The van der Waals surface area contributed by atoms with Crippen LogP contribution in [-0.4, -0.2) is 30.0 Å². The molecule has 18 heavy (non-hydrogen) atoms. The Hall–Kier alpha value is -2.20. The average molecular weight is 249 g/mol. The smallest absolute Gasteiger partial charge is 0.289 e. The van der Waals surface area contributed by atoms with Gasteiger partial charge < -0.3 is 10.6 Å². The maximum Gasteiger partial charge on any atom is 0.289 e. The van der Waals surface area contributed by atoms with E-state index < -0.39 is 4.92 Å². The second-order valence-corrected chi connectivity index (χ2v) is 4.00. The quantitative estimate of drug-likeness (QED) is 0.578. The molecule has 0 bridgehead atoms. The van der Waals surface area contributed by atoms with Crippen molar-refractivity contribution in [2.75, 3.05) is 25.5 Å². The van der Waals surface area contributed by atoms with Gasteiger partial charge in [0.15, 0.2) is 0 Å². The number of aromatic nitrogens is 1. The zero-order valence-corrected chi connectivity index (χ0v) is 10.3. The SMILES string of the molecule is CNCC(C)CNc1ncc([N+](=O)[O-])cc1C#N. The summed E-state index contributed by atoms with van der Waals surface area (Å²) in [5.41, 5.74) is 0.00114. The topological polar surface area (TPSA) is 104 Å². The molecule has 1 aromatic heterocycles. The fourth-order valence-corrected chi connectivity index (χ4v) is 1.47.